The van der Waals surface area contributed by atoms with E-state index in [0.29, 0.717) is 12.0 Å². The highest BCUT2D eigenvalue weighted by atomic mass is 35.5. The van der Waals surface area contributed by atoms with Gasteiger partial charge in [0.2, 0.25) is 0 Å². The molecule has 0 radical (unpaired) electrons. The molecule has 0 bridgehead atoms. The molecule has 0 unspecified atom stereocenters. The Morgan fingerprint density at radius 3 is 2.55 bits per heavy atom. The smallest absolute Gasteiger partial charge is 0.336 e. The molecule has 1 fully saturated rings. The third-order valence-corrected chi connectivity index (χ3v) is 3.55. The fourth-order valence-corrected chi connectivity index (χ4v) is 2.63. The van der Waals surface area contributed by atoms with E-state index in [1.54, 1.807) is 12.1 Å². The first-order valence-electron chi connectivity index (χ1n) is 6.62. The third-order valence-electron chi connectivity index (χ3n) is 3.55. The molecule has 1 aromatic rings. The SMILES string of the molecule is Cl.O=C(O)c1ccccc1[C@@H](CCO)N1CCNCC1. The van der Waals surface area contributed by atoms with Crippen molar-refractivity contribution in [2.75, 3.05) is 32.8 Å². The molecule has 0 aliphatic carbocycles. The third kappa shape index (κ3) is 3.93. The second kappa shape index (κ2) is 8.21. The van der Waals surface area contributed by atoms with Crippen molar-refractivity contribution in [2.24, 2.45) is 0 Å². The predicted octanol–water partition coefficient (Wildman–Crippen LogP) is 1.14. The van der Waals surface area contributed by atoms with Crippen molar-refractivity contribution in [3.05, 3.63) is 35.4 Å². The van der Waals surface area contributed by atoms with E-state index in [2.05, 4.69) is 10.2 Å². The predicted molar refractivity (Wildman–Crippen MR) is 79.5 cm³/mol. The molecule has 0 aromatic heterocycles. The van der Waals surface area contributed by atoms with Crippen molar-refractivity contribution in [3.63, 3.8) is 0 Å². The minimum absolute atomic E-state index is 0. The van der Waals surface area contributed by atoms with Gasteiger partial charge in [0.25, 0.3) is 0 Å². The molecule has 1 heterocycles. The van der Waals surface area contributed by atoms with Gasteiger partial charge in [0, 0.05) is 38.8 Å². The van der Waals surface area contributed by atoms with Crippen molar-refractivity contribution in [2.45, 2.75) is 12.5 Å². The lowest BCUT2D eigenvalue weighted by Gasteiger charge is -2.35. The molecule has 1 aliphatic rings. The molecule has 0 amide bonds. The van der Waals surface area contributed by atoms with E-state index >= 15 is 0 Å². The maximum atomic E-state index is 11.3. The van der Waals surface area contributed by atoms with Gasteiger partial charge in [-0.2, -0.15) is 0 Å². The number of nitrogens with zero attached hydrogens (tertiary/aromatic N) is 1. The Labute approximate surface area is 125 Å². The van der Waals surface area contributed by atoms with Crippen LogP contribution in [0, 0.1) is 0 Å². The zero-order valence-electron chi connectivity index (χ0n) is 11.3. The molecular weight excluding hydrogens is 280 g/mol. The quantitative estimate of drug-likeness (QED) is 0.760. The van der Waals surface area contributed by atoms with Gasteiger partial charge in [0.1, 0.15) is 0 Å². The molecule has 1 aromatic carbocycles. The molecule has 1 saturated heterocycles. The summed E-state index contributed by atoms with van der Waals surface area (Å²) in [5, 5.41) is 21.8. The largest absolute Gasteiger partial charge is 0.478 e. The Balaban J connectivity index is 0.00000200. The van der Waals surface area contributed by atoms with Gasteiger partial charge in [0.15, 0.2) is 0 Å². The summed E-state index contributed by atoms with van der Waals surface area (Å²) in [7, 11) is 0. The number of benzene rings is 1. The standard InChI is InChI=1S/C14H20N2O3.ClH/c17-10-5-13(16-8-6-15-7-9-16)11-3-1-2-4-12(11)14(18)19;/h1-4,13,15,17H,5-10H2,(H,18,19);1H/t13-;/m1./s1. The van der Waals surface area contributed by atoms with E-state index in [1.165, 1.54) is 0 Å². The van der Waals surface area contributed by atoms with Gasteiger partial charge in [-0.05, 0) is 18.1 Å². The number of carboxylic acid groups (broad SMARTS) is 1. The summed E-state index contributed by atoms with van der Waals surface area (Å²) in [6.07, 6.45) is 0.560. The molecule has 6 heteroatoms. The Morgan fingerprint density at radius 2 is 1.95 bits per heavy atom. The summed E-state index contributed by atoms with van der Waals surface area (Å²) >= 11 is 0. The molecule has 3 N–H and O–H groups in total. The van der Waals surface area contributed by atoms with E-state index in [4.69, 9.17) is 0 Å². The van der Waals surface area contributed by atoms with Crippen molar-refractivity contribution < 1.29 is 15.0 Å². The second-order valence-electron chi connectivity index (χ2n) is 4.71. The van der Waals surface area contributed by atoms with Gasteiger partial charge in [-0.25, -0.2) is 4.79 Å². The second-order valence-corrected chi connectivity index (χ2v) is 4.71. The molecule has 5 nitrogen and oxygen atoms in total. The van der Waals surface area contributed by atoms with Crippen LogP contribution in [-0.2, 0) is 0 Å². The highest BCUT2D eigenvalue weighted by Crippen LogP contribution is 2.27. The van der Waals surface area contributed by atoms with Gasteiger partial charge in [0.05, 0.1) is 5.56 Å². The van der Waals surface area contributed by atoms with Crippen LogP contribution in [0.5, 0.6) is 0 Å². The average molecular weight is 301 g/mol. The highest BCUT2D eigenvalue weighted by molar-refractivity contribution is 5.89. The lowest BCUT2D eigenvalue weighted by molar-refractivity contribution is 0.0689. The summed E-state index contributed by atoms with van der Waals surface area (Å²) in [6.45, 7) is 3.61. The van der Waals surface area contributed by atoms with E-state index in [1.807, 2.05) is 12.1 Å². The number of rotatable bonds is 5. The summed E-state index contributed by atoms with van der Waals surface area (Å²) in [5.74, 6) is -0.909. The summed E-state index contributed by atoms with van der Waals surface area (Å²) in [6, 6.07) is 7.05. The summed E-state index contributed by atoms with van der Waals surface area (Å²) in [4.78, 5) is 13.6. The summed E-state index contributed by atoms with van der Waals surface area (Å²) < 4.78 is 0. The normalized spacial score (nSPS) is 17.2. The minimum atomic E-state index is -0.909. The van der Waals surface area contributed by atoms with Crippen LogP contribution in [0.15, 0.2) is 24.3 Å². The van der Waals surface area contributed by atoms with Gasteiger partial charge >= 0.3 is 5.97 Å². The van der Waals surface area contributed by atoms with Crippen LogP contribution >= 0.6 is 12.4 Å². The lowest BCUT2D eigenvalue weighted by atomic mass is 9.96. The topological polar surface area (TPSA) is 72.8 Å². The number of aliphatic hydroxyl groups is 1. The van der Waals surface area contributed by atoms with Crippen LogP contribution in [0.4, 0.5) is 0 Å². The van der Waals surface area contributed by atoms with Crippen molar-refractivity contribution in [1.29, 1.82) is 0 Å². The zero-order chi connectivity index (χ0) is 13.7. The monoisotopic (exact) mass is 300 g/mol. The molecule has 0 saturated carbocycles. The van der Waals surface area contributed by atoms with Gasteiger partial charge in [-0.3, -0.25) is 4.90 Å². The van der Waals surface area contributed by atoms with Crippen molar-refractivity contribution in [1.82, 2.24) is 10.2 Å². The van der Waals surface area contributed by atoms with Crippen LogP contribution in [-0.4, -0.2) is 53.9 Å². The molecule has 0 spiro atoms. The average Bonchev–Trinajstić information content (AvgIpc) is 2.45. The van der Waals surface area contributed by atoms with E-state index in [0.717, 1.165) is 31.7 Å². The van der Waals surface area contributed by atoms with Crippen LogP contribution in [0.1, 0.15) is 28.4 Å². The number of hydrogen-bond donors (Lipinski definition) is 3. The number of carbonyl (C=O) groups is 1. The van der Waals surface area contributed by atoms with Crippen molar-refractivity contribution in [3.8, 4) is 0 Å². The number of carboxylic acids is 1. The number of halogens is 1. The van der Waals surface area contributed by atoms with Crippen LogP contribution in [0.25, 0.3) is 0 Å². The lowest BCUT2D eigenvalue weighted by Crippen LogP contribution is -2.45. The first kappa shape index (κ1) is 16.9. The maximum Gasteiger partial charge on any atom is 0.336 e. The fourth-order valence-electron chi connectivity index (χ4n) is 2.63. The Bertz CT molecular complexity index is 436. The van der Waals surface area contributed by atoms with Gasteiger partial charge < -0.3 is 15.5 Å². The van der Waals surface area contributed by atoms with E-state index in [9.17, 15) is 15.0 Å². The molecule has 112 valence electrons. The molecule has 20 heavy (non-hydrogen) atoms. The number of nitrogens with one attached hydrogen (secondary N) is 1. The van der Waals surface area contributed by atoms with Crippen LogP contribution in [0.2, 0.25) is 0 Å². The van der Waals surface area contributed by atoms with E-state index in [-0.39, 0.29) is 25.1 Å². The molecule has 1 aliphatic heterocycles. The number of aromatic carboxylic acids is 1. The fraction of sp³-hybridized carbons (Fsp3) is 0.500. The van der Waals surface area contributed by atoms with Gasteiger partial charge in [-0.1, -0.05) is 18.2 Å². The first-order valence-corrected chi connectivity index (χ1v) is 6.62. The first-order chi connectivity index (χ1) is 9.24. The maximum absolute atomic E-state index is 11.3. The number of hydrogen-bond acceptors (Lipinski definition) is 4. The Kier molecular flexibility index (Phi) is 6.95. The molecular formula is C14H21ClN2O3. The molecule has 2 rings (SSSR count). The number of piperazine rings is 1. The minimum Gasteiger partial charge on any atom is -0.478 e. The Morgan fingerprint density at radius 1 is 1.30 bits per heavy atom. The summed E-state index contributed by atoms with van der Waals surface area (Å²) in [5.41, 5.74) is 1.13. The van der Waals surface area contributed by atoms with Gasteiger partial charge in [-0.15, -0.1) is 12.4 Å². The number of aliphatic hydroxyl groups excluding tert-OH is 1. The van der Waals surface area contributed by atoms with Crippen LogP contribution < -0.4 is 5.32 Å². The van der Waals surface area contributed by atoms with E-state index < -0.39 is 5.97 Å². The molecule has 1 atom stereocenters. The van der Waals surface area contributed by atoms with Crippen molar-refractivity contribution >= 4 is 18.4 Å². The highest BCUT2D eigenvalue weighted by Gasteiger charge is 2.25. The Hall–Kier alpha value is -1.14. The zero-order valence-corrected chi connectivity index (χ0v) is 12.1. The van der Waals surface area contributed by atoms with Crippen LogP contribution in [0.3, 0.4) is 0 Å².